The average Bonchev–Trinajstić information content (AvgIpc) is 2.51. The first-order chi connectivity index (χ1) is 10.9. The summed E-state index contributed by atoms with van der Waals surface area (Å²) in [7, 11) is 0. The molecule has 3 N–H and O–H groups in total. The lowest BCUT2D eigenvalue weighted by molar-refractivity contribution is -0.138. The van der Waals surface area contributed by atoms with Crippen LogP contribution in [0.2, 0.25) is 0 Å². The van der Waals surface area contributed by atoms with Gasteiger partial charge in [0.15, 0.2) is 0 Å². The predicted octanol–water partition coefficient (Wildman–Crippen LogP) is 1.24. The van der Waals surface area contributed by atoms with Crippen LogP contribution in [0.25, 0.3) is 0 Å². The Balaban J connectivity index is 2.66. The molecule has 1 aromatic carbocycles. The van der Waals surface area contributed by atoms with Crippen molar-refractivity contribution in [1.29, 1.82) is 0 Å². The summed E-state index contributed by atoms with van der Waals surface area (Å²) in [4.78, 5) is 34.6. The van der Waals surface area contributed by atoms with Gasteiger partial charge in [-0.25, -0.2) is 4.39 Å². The fraction of sp³-hybridized carbons (Fsp3) is 0.438. The van der Waals surface area contributed by atoms with Crippen LogP contribution in [-0.4, -0.2) is 35.5 Å². The molecule has 0 aromatic heterocycles. The SMILES string of the molecule is CCCNC(=O)[C@H](CCC(=O)O)NC(=O)Cc1ccccc1F. The van der Waals surface area contributed by atoms with Crippen LogP contribution in [0.5, 0.6) is 0 Å². The first kappa shape index (κ1) is 18.6. The number of rotatable bonds is 9. The molecule has 126 valence electrons. The molecule has 0 unspecified atom stereocenters. The molecule has 7 heteroatoms. The molecule has 0 saturated heterocycles. The first-order valence-corrected chi connectivity index (χ1v) is 7.46. The van der Waals surface area contributed by atoms with Gasteiger partial charge in [-0.1, -0.05) is 25.1 Å². The van der Waals surface area contributed by atoms with E-state index in [4.69, 9.17) is 5.11 Å². The van der Waals surface area contributed by atoms with E-state index in [0.29, 0.717) is 6.54 Å². The van der Waals surface area contributed by atoms with Gasteiger partial charge in [-0.2, -0.15) is 0 Å². The fourth-order valence-corrected chi connectivity index (χ4v) is 1.97. The summed E-state index contributed by atoms with van der Waals surface area (Å²) < 4.78 is 13.5. The number of carboxylic acids is 1. The lowest BCUT2D eigenvalue weighted by atomic mass is 10.1. The van der Waals surface area contributed by atoms with Gasteiger partial charge in [-0.15, -0.1) is 0 Å². The number of carboxylic acid groups (broad SMARTS) is 1. The Bertz CT molecular complexity index is 563. The Kier molecular flexibility index (Phi) is 7.73. The number of benzene rings is 1. The maximum atomic E-state index is 13.5. The van der Waals surface area contributed by atoms with E-state index in [1.807, 2.05) is 6.92 Å². The van der Waals surface area contributed by atoms with Gasteiger partial charge >= 0.3 is 5.97 Å². The molecule has 0 radical (unpaired) electrons. The quantitative estimate of drug-likeness (QED) is 0.637. The monoisotopic (exact) mass is 324 g/mol. The van der Waals surface area contributed by atoms with E-state index in [9.17, 15) is 18.8 Å². The maximum Gasteiger partial charge on any atom is 0.303 e. The number of aliphatic carboxylic acids is 1. The standard InChI is InChI=1S/C16H21FN2O4/c1-2-9-18-16(23)13(7-8-15(21)22)19-14(20)10-11-5-3-4-6-12(11)17/h3-6,13H,2,7-10H2,1H3,(H,18,23)(H,19,20)(H,21,22)/t13-/m0/s1. The zero-order chi connectivity index (χ0) is 17.2. The second-order valence-electron chi connectivity index (χ2n) is 5.11. The molecule has 2 amide bonds. The van der Waals surface area contributed by atoms with Crippen molar-refractivity contribution in [3.8, 4) is 0 Å². The summed E-state index contributed by atoms with van der Waals surface area (Å²) in [5, 5.41) is 13.8. The number of amides is 2. The van der Waals surface area contributed by atoms with Crippen molar-refractivity contribution < 1.29 is 23.9 Å². The number of carbonyl (C=O) groups is 3. The van der Waals surface area contributed by atoms with Crippen molar-refractivity contribution in [3.05, 3.63) is 35.6 Å². The van der Waals surface area contributed by atoms with Gasteiger partial charge < -0.3 is 15.7 Å². The molecular weight excluding hydrogens is 303 g/mol. The molecule has 0 fully saturated rings. The van der Waals surface area contributed by atoms with E-state index in [1.54, 1.807) is 6.07 Å². The summed E-state index contributed by atoms with van der Waals surface area (Å²) >= 11 is 0. The summed E-state index contributed by atoms with van der Waals surface area (Å²) in [6, 6.07) is 4.92. The van der Waals surface area contributed by atoms with E-state index >= 15 is 0 Å². The summed E-state index contributed by atoms with van der Waals surface area (Å²) in [5.41, 5.74) is 0.218. The van der Waals surface area contributed by atoms with Crippen molar-refractivity contribution in [2.45, 2.75) is 38.6 Å². The highest BCUT2D eigenvalue weighted by Crippen LogP contribution is 2.07. The minimum atomic E-state index is -1.05. The second-order valence-corrected chi connectivity index (χ2v) is 5.11. The number of hydrogen-bond acceptors (Lipinski definition) is 3. The average molecular weight is 324 g/mol. The molecule has 1 aromatic rings. The van der Waals surface area contributed by atoms with Gasteiger partial charge in [0.05, 0.1) is 6.42 Å². The van der Waals surface area contributed by atoms with Gasteiger partial charge in [-0.05, 0) is 24.5 Å². The topological polar surface area (TPSA) is 95.5 Å². The molecule has 0 aliphatic heterocycles. The fourth-order valence-electron chi connectivity index (χ4n) is 1.97. The van der Waals surface area contributed by atoms with Crippen LogP contribution in [0.15, 0.2) is 24.3 Å². The molecular formula is C16H21FN2O4. The van der Waals surface area contributed by atoms with Crippen LogP contribution in [-0.2, 0) is 20.8 Å². The summed E-state index contributed by atoms with van der Waals surface area (Å²) in [6.07, 6.45) is 0.246. The Morgan fingerprint density at radius 1 is 1.26 bits per heavy atom. The third kappa shape index (κ3) is 6.90. The molecule has 0 aliphatic rings. The lowest BCUT2D eigenvalue weighted by Crippen LogP contribution is -2.47. The highest BCUT2D eigenvalue weighted by atomic mass is 19.1. The van der Waals surface area contributed by atoms with E-state index in [-0.39, 0.29) is 24.8 Å². The Morgan fingerprint density at radius 2 is 1.96 bits per heavy atom. The van der Waals surface area contributed by atoms with E-state index in [0.717, 1.165) is 6.42 Å². The zero-order valence-electron chi connectivity index (χ0n) is 13.0. The van der Waals surface area contributed by atoms with Crippen molar-refractivity contribution in [2.24, 2.45) is 0 Å². The minimum Gasteiger partial charge on any atom is -0.481 e. The number of halogens is 1. The normalized spacial score (nSPS) is 11.6. The Hall–Kier alpha value is -2.44. The van der Waals surface area contributed by atoms with Crippen molar-refractivity contribution >= 4 is 17.8 Å². The molecule has 6 nitrogen and oxygen atoms in total. The van der Waals surface area contributed by atoms with Crippen molar-refractivity contribution in [3.63, 3.8) is 0 Å². The molecule has 0 bridgehead atoms. The van der Waals surface area contributed by atoms with E-state index in [1.165, 1.54) is 18.2 Å². The third-order valence-electron chi connectivity index (χ3n) is 3.16. The predicted molar refractivity (Wildman–Crippen MR) is 82.2 cm³/mol. The van der Waals surface area contributed by atoms with Gasteiger partial charge in [-0.3, -0.25) is 14.4 Å². The van der Waals surface area contributed by atoms with E-state index in [2.05, 4.69) is 10.6 Å². The zero-order valence-corrected chi connectivity index (χ0v) is 13.0. The number of nitrogens with one attached hydrogen (secondary N) is 2. The van der Waals surface area contributed by atoms with E-state index < -0.39 is 29.6 Å². The number of hydrogen-bond donors (Lipinski definition) is 3. The third-order valence-corrected chi connectivity index (χ3v) is 3.16. The molecule has 1 atom stereocenters. The highest BCUT2D eigenvalue weighted by Gasteiger charge is 2.21. The molecule has 0 aliphatic carbocycles. The molecule has 0 heterocycles. The second kappa shape index (κ2) is 9.55. The molecule has 0 saturated carbocycles. The van der Waals surface area contributed by atoms with Gasteiger partial charge in [0, 0.05) is 13.0 Å². The minimum absolute atomic E-state index is 0.0199. The maximum absolute atomic E-state index is 13.5. The van der Waals surface area contributed by atoms with Gasteiger partial charge in [0.1, 0.15) is 11.9 Å². The van der Waals surface area contributed by atoms with Gasteiger partial charge in [0.25, 0.3) is 0 Å². The smallest absolute Gasteiger partial charge is 0.303 e. The van der Waals surface area contributed by atoms with Crippen LogP contribution in [0.4, 0.5) is 4.39 Å². The van der Waals surface area contributed by atoms with Gasteiger partial charge in [0.2, 0.25) is 11.8 Å². The largest absolute Gasteiger partial charge is 0.481 e. The van der Waals surface area contributed by atoms with Crippen molar-refractivity contribution in [2.75, 3.05) is 6.54 Å². The molecule has 0 spiro atoms. The summed E-state index contributed by atoms with van der Waals surface area (Å²) in [6.45, 7) is 2.31. The lowest BCUT2D eigenvalue weighted by Gasteiger charge is -2.17. The van der Waals surface area contributed by atoms with Crippen LogP contribution < -0.4 is 10.6 Å². The molecule has 1 rings (SSSR count). The Morgan fingerprint density at radius 3 is 2.57 bits per heavy atom. The number of carbonyl (C=O) groups excluding carboxylic acids is 2. The van der Waals surface area contributed by atoms with Crippen LogP contribution >= 0.6 is 0 Å². The first-order valence-electron chi connectivity index (χ1n) is 7.46. The van der Waals surface area contributed by atoms with Crippen molar-refractivity contribution in [1.82, 2.24) is 10.6 Å². The molecule has 23 heavy (non-hydrogen) atoms. The van der Waals surface area contributed by atoms with Crippen LogP contribution in [0, 0.1) is 5.82 Å². The van der Waals surface area contributed by atoms with Crippen LogP contribution in [0.1, 0.15) is 31.7 Å². The Labute approximate surface area is 134 Å². The van der Waals surface area contributed by atoms with Crippen LogP contribution in [0.3, 0.4) is 0 Å². The highest BCUT2D eigenvalue weighted by molar-refractivity contribution is 5.88. The summed E-state index contributed by atoms with van der Waals surface area (Å²) in [5.74, 6) is -2.52.